The molecule has 2 aliphatic rings. The van der Waals surface area contributed by atoms with Gasteiger partial charge >= 0.3 is 0 Å². The summed E-state index contributed by atoms with van der Waals surface area (Å²) in [4.78, 5) is 10.2. The zero-order valence-electron chi connectivity index (χ0n) is 14.8. The number of nitrogens with zero attached hydrogens (tertiary/aromatic N) is 3. The number of hydrogen-bond acceptors (Lipinski definition) is 5. The fourth-order valence-corrected chi connectivity index (χ4v) is 5.72. The third-order valence-electron chi connectivity index (χ3n) is 5.54. The van der Waals surface area contributed by atoms with Gasteiger partial charge in [-0.3, -0.25) is 0 Å². The van der Waals surface area contributed by atoms with Gasteiger partial charge in [-0.05, 0) is 32.1 Å². The van der Waals surface area contributed by atoms with Crippen LogP contribution >= 0.6 is 11.8 Å². The summed E-state index contributed by atoms with van der Waals surface area (Å²) < 4.78 is 26.5. The highest BCUT2D eigenvalue weighted by molar-refractivity contribution is 7.99. The van der Waals surface area contributed by atoms with Gasteiger partial charge in [0, 0.05) is 37.0 Å². The summed E-state index contributed by atoms with van der Waals surface area (Å²) in [5.74, 6) is 0. The van der Waals surface area contributed by atoms with Crippen molar-refractivity contribution in [3.8, 4) is 0 Å². The quantitative estimate of drug-likeness (QED) is 0.851. The lowest BCUT2D eigenvalue weighted by molar-refractivity contribution is 0.0634. The molecule has 8 heteroatoms. The van der Waals surface area contributed by atoms with Gasteiger partial charge in [-0.25, -0.2) is 13.4 Å². The zero-order chi connectivity index (χ0) is 17.4. The third-order valence-corrected chi connectivity index (χ3v) is 7.91. The molecule has 3 heterocycles. The highest BCUT2D eigenvalue weighted by Crippen LogP contribution is 2.43. The van der Waals surface area contributed by atoms with Gasteiger partial charge < -0.3 is 9.88 Å². The summed E-state index contributed by atoms with van der Waals surface area (Å²) in [6.07, 6.45) is 8.75. The minimum Gasteiger partial charge on any atom is -0.348 e. The largest absolute Gasteiger partial charge is 0.348 e. The lowest BCUT2D eigenvalue weighted by atomic mass is 9.80. The Bertz CT molecular complexity index is 665. The number of fused-ring (bicyclic) bond motifs is 2. The van der Waals surface area contributed by atoms with Crippen LogP contribution in [0, 0.1) is 0 Å². The van der Waals surface area contributed by atoms with Gasteiger partial charge in [0.1, 0.15) is 0 Å². The summed E-state index contributed by atoms with van der Waals surface area (Å²) in [7, 11) is -3.24. The molecule has 1 atom stereocenters. The topological polar surface area (TPSA) is 69.3 Å². The number of aromatic nitrogens is 2. The third kappa shape index (κ3) is 3.38. The Kier molecular flexibility index (Phi) is 5.30. The molecule has 0 amide bonds. The lowest BCUT2D eigenvalue weighted by Gasteiger charge is -2.49. The molecule has 0 bridgehead atoms. The van der Waals surface area contributed by atoms with Gasteiger partial charge in [-0.15, -0.1) is 0 Å². The van der Waals surface area contributed by atoms with Crippen LogP contribution in [0.3, 0.4) is 0 Å². The number of sulfonamides is 1. The second-order valence-electron chi connectivity index (χ2n) is 7.02. The molecule has 6 nitrogen and oxygen atoms in total. The van der Waals surface area contributed by atoms with Gasteiger partial charge in [-0.1, -0.05) is 6.92 Å². The average molecular weight is 373 g/mol. The molecule has 0 saturated carbocycles. The van der Waals surface area contributed by atoms with Crippen molar-refractivity contribution < 1.29 is 8.42 Å². The number of H-pyrrole nitrogens is 1. The molecule has 1 aromatic rings. The molecule has 0 aromatic carbocycles. The highest BCUT2D eigenvalue weighted by atomic mass is 32.2. The van der Waals surface area contributed by atoms with Crippen molar-refractivity contribution in [3.05, 3.63) is 17.7 Å². The molecule has 3 rings (SSSR count). The second kappa shape index (κ2) is 6.97. The van der Waals surface area contributed by atoms with Gasteiger partial charge in [0.25, 0.3) is 0 Å². The van der Waals surface area contributed by atoms with Crippen LogP contribution in [-0.4, -0.2) is 71.5 Å². The summed E-state index contributed by atoms with van der Waals surface area (Å²) in [5, 5.41) is 0.668. The van der Waals surface area contributed by atoms with Crippen molar-refractivity contribution in [3.63, 3.8) is 0 Å². The number of aromatic amines is 1. The summed E-state index contributed by atoms with van der Waals surface area (Å²) in [6.45, 7) is 5.76. The highest BCUT2D eigenvalue weighted by Gasteiger charge is 2.50. The maximum atomic E-state index is 12.4. The molecular formula is C16H28N4O2S2. The van der Waals surface area contributed by atoms with Crippen molar-refractivity contribution in [1.82, 2.24) is 19.2 Å². The maximum Gasteiger partial charge on any atom is 0.212 e. The van der Waals surface area contributed by atoms with E-state index in [0.717, 1.165) is 50.3 Å². The van der Waals surface area contributed by atoms with Gasteiger partial charge in [0.05, 0.1) is 23.8 Å². The molecule has 2 aliphatic heterocycles. The maximum absolute atomic E-state index is 12.4. The Morgan fingerprint density at radius 3 is 2.71 bits per heavy atom. The van der Waals surface area contributed by atoms with E-state index < -0.39 is 15.6 Å². The molecule has 0 radical (unpaired) electrons. The predicted octanol–water partition coefficient (Wildman–Crippen LogP) is 1.66. The van der Waals surface area contributed by atoms with E-state index in [1.165, 1.54) is 12.7 Å². The summed E-state index contributed by atoms with van der Waals surface area (Å²) >= 11 is 1.90. The van der Waals surface area contributed by atoms with Gasteiger partial charge in [-0.2, -0.15) is 16.1 Å². The van der Waals surface area contributed by atoms with E-state index in [1.807, 2.05) is 11.8 Å². The molecule has 136 valence electrons. The van der Waals surface area contributed by atoms with E-state index in [0.29, 0.717) is 11.8 Å². The second-order valence-corrected chi connectivity index (χ2v) is 10.2. The molecule has 1 saturated heterocycles. The molecule has 1 N–H and O–H groups in total. The van der Waals surface area contributed by atoms with E-state index in [-0.39, 0.29) is 0 Å². The first-order valence-electron chi connectivity index (χ1n) is 8.62. The number of thioether (sulfide) groups is 1. The lowest BCUT2D eigenvalue weighted by Crippen LogP contribution is -2.58. The molecule has 1 spiro atoms. The van der Waals surface area contributed by atoms with Crippen LogP contribution in [0.5, 0.6) is 0 Å². The fourth-order valence-electron chi connectivity index (χ4n) is 4.06. The Labute approximate surface area is 149 Å². The Balaban J connectivity index is 1.78. The smallest absolute Gasteiger partial charge is 0.212 e. The van der Waals surface area contributed by atoms with Gasteiger partial charge in [0.2, 0.25) is 10.0 Å². The van der Waals surface area contributed by atoms with E-state index in [9.17, 15) is 8.42 Å². The van der Waals surface area contributed by atoms with Crippen LogP contribution in [0.4, 0.5) is 0 Å². The van der Waals surface area contributed by atoms with Crippen LogP contribution < -0.4 is 0 Å². The summed E-state index contributed by atoms with van der Waals surface area (Å²) in [6, 6.07) is 0. The minimum atomic E-state index is -3.24. The standard InChI is InChI=1S/C16H28N4O2S2/c1-13(23-2)4-8-19-10-6-16(7-11-19)15-14(17-12-18-15)5-9-20(16)24(3,21)22/h12-13H,4-11H2,1-3H3,(H,17,18)/t13-/m1/s1. The minimum absolute atomic E-state index is 0.456. The fraction of sp³-hybridized carbons (Fsp3) is 0.812. The number of hydrogen-bond donors (Lipinski definition) is 1. The van der Waals surface area contributed by atoms with Gasteiger partial charge in [0.15, 0.2) is 0 Å². The van der Waals surface area contributed by atoms with E-state index in [4.69, 9.17) is 0 Å². The first-order valence-corrected chi connectivity index (χ1v) is 11.8. The molecule has 1 aromatic heterocycles. The number of piperidine rings is 1. The molecular weight excluding hydrogens is 344 g/mol. The van der Waals surface area contributed by atoms with Crippen LogP contribution in [0.2, 0.25) is 0 Å². The van der Waals surface area contributed by atoms with Crippen molar-refractivity contribution in [2.24, 2.45) is 0 Å². The van der Waals surface area contributed by atoms with Crippen molar-refractivity contribution in [2.45, 2.75) is 43.4 Å². The van der Waals surface area contributed by atoms with E-state index in [1.54, 1.807) is 10.6 Å². The van der Waals surface area contributed by atoms with Crippen molar-refractivity contribution >= 4 is 21.8 Å². The zero-order valence-corrected chi connectivity index (χ0v) is 16.4. The Morgan fingerprint density at radius 2 is 2.08 bits per heavy atom. The first-order chi connectivity index (χ1) is 11.4. The van der Waals surface area contributed by atoms with E-state index in [2.05, 4.69) is 28.0 Å². The molecule has 24 heavy (non-hydrogen) atoms. The SMILES string of the molecule is CS[C@H](C)CCN1CCC2(CC1)c1nc[nH]c1CCN2S(C)(=O)=O. The van der Waals surface area contributed by atoms with E-state index >= 15 is 0 Å². The number of rotatable bonds is 5. The van der Waals surface area contributed by atoms with Crippen LogP contribution in [0.1, 0.15) is 37.6 Å². The van der Waals surface area contributed by atoms with Crippen LogP contribution in [0.15, 0.2) is 6.33 Å². The number of likely N-dealkylation sites (tertiary alicyclic amines) is 1. The Hall–Kier alpha value is -0.570. The molecule has 1 fully saturated rings. The molecule has 0 unspecified atom stereocenters. The Morgan fingerprint density at radius 1 is 1.38 bits per heavy atom. The van der Waals surface area contributed by atoms with Crippen molar-refractivity contribution in [2.75, 3.05) is 38.7 Å². The normalized spacial score (nSPS) is 23.3. The summed E-state index contributed by atoms with van der Waals surface area (Å²) in [5.41, 5.74) is 1.61. The monoisotopic (exact) mass is 372 g/mol. The average Bonchev–Trinajstić information content (AvgIpc) is 3.03. The predicted molar refractivity (Wildman–Crippen MR) is 98.8 cm³/mol. The molecule has 0 aliphatic carbocycles. The first kappa shape index (κ1) is 18.2. The van der Waals surface area contributed by atoms with Crippen LogP contribution in [-0.2, 0) is 22.0 Å². The van der Waals surface area contributed by atoms with Crippen molar-refractivity contribution in [1.29, 1.82) is 0 Å². The van der Waals surface area contributed by atoms with Crippen LogP contribution in [0.25, 0.3) is 0 Å². The number of imidazole rings is 1. The number of nitrogens with one attached hydrogen (secondary N) is 1.